The number of aliphatic hydroxyl groups excluding tert-OH is 1. The Morgan fingerprint density at radius 2 is 2.50 bits per heavy atom. The molecular formula is C10H13N3O2S. The highest BCUT2D eigenvalue weighted by atomic mass is 32.2. The first-order valence-electron chi connectivity index (χ1n) is 4.89. The standard InChI is InChI=1S/C10H13N3O2S/c1-6-7(5-16-8(6)4-14)13-3-2-9(11)12-10(13)15/h2-3,7-8,14H,1,4-5H2,(H2,11,12,15)/t7-,8-/m0/s1. The van der Waals surface area contributed by atoms with Crippen molar-refractivity contribution in [1.29, 1.82) is 0 Å². The van der Waals surface area contributed by atoms with Crippen LogP contribution in [0, 0.1) is 0 Å². The number of nitrogens with two attached hydrogens (primary N) is 1. The van der Waals surface area contributed by atoms with Crippen LogP contribution in [0.15, 0.2) is 29.2 Å². The van der Waals surface area contributed by atoms with Gasteiger partial charge in [0.05, 0.1) is 17.9 Å². The van der Waals surface area contributed by atoms with Gasteiger partial charge in [-0.1, -0.05) is 6.58 Å². The molecule has 0 saturated carbocycles. The molecule has 2 atom stereocenters. The number of thioether (sulfide) groups is 1. The van der Waals surface area contributed by atoms with Crippen LogP contribution in [0.5, 0.6) is 0 Å². The number of aliphatic hydroxyl groups is 1. The first-order chi connectivity index (χ1) is 7.63. The fourth-order valence-corrected chi connectivity index (χ4v) is 2.99. The van der Waals surface area contributed by atoms with E-state index in [4.69, 9.17) is 10.8 Å². The Hall–Kier alpha value is -1.27. The lowest BCUT2D eigenvalue weighted by molar-refractivity contribution is 0.302. The molecule has 0 radical (unpaired) electrons. The average Bonchev–Trinajstić information content (AvgIpc) is 2.60. The van der Waals surface area contributed by atoms with Gasteiger partial charge in [-0.25, -0.2) is 4.79 Å². The molecule has 1 aliphatic rings. The maximum absolute atomic E-state index is 11.6. The molecule has 0 aliphatic carbocycles. The van der Waals surface area contributed by atoms with E-state index in [-0.39, 0.29) is 29.4 Å². The summed E-state index contributed by atoms with van der Waals surface area (Å²) in [6, 6.07) is 1.49. The van der Waals surface area contributed by atoms with Crippen molar-refractivity contribution in [2.45, 2.75) is 11.3 Å². The van der Waals surface area contributed by atoms with Crippen molar-refractivity contribution in [2.24, 2.45) is 0 Å². The largest absolute Gasteiger partial charge is 0.395 e. The third-order valence-electron chi connectivity index (χ3n) is 2.65. The van der Waals surface area contributed by atoms with Crippen LogP contribution in [-0.2, 0) is 0 Å². The molecule has 0 spiro atoms. The average molecular weight is 239 g/mol. The third-order valence-corrected chi connectivity index (χ3v) is 4.01. The summed E-state index contributed by atoms with van der Waals surface area (Å²) in [5.74, 6) is 0.950. The van der Waals surface area contributed by atoms with Gasteiger partial charge in [0, 0.05) is 11.9 Å². The Morgan fingerprint density at radius 3 is 3.06 bits per heavy atom. The van der Waals surface area contributed by atoms with E-state index < -0.39 is 0 Å². The highest BCUT2D eigenvalue weighted by Crippen LogP contribution is 2.37. The first-order valence-corrected chi connectivity index (χ1v) is 5.94. The zero-order valence-electron chi connectivity index (χ0n) is 8.67. The fourth-order valence-electron chi connectivity index (χ4n) is 1.73. The quantitative estimate of drug-likeness (QED) is 0.712. The molecule has 1 aliphatic heterocycles. The molecule has 1 aromatic heterocycles. The molecule has 2 heterocycles. The van der Waals surface area contributed by atoms with Gasteiger partial charge in [0.25, 0.3) is 0 Å². The van der Waals surface area contributed by atoms with Gasteiger partial charge in [-0.05, 0) is 11.6 Å². The fraction of sp³-hybridized carbons (Fsp3) is 0.400. The van der Waals surface area contributed by atoms with Crippen LogP contribution >= 0.6 is 11.8 Å². The molecule has 0 bridgehead atoms. The van der Waals surface area contributed by atoms with Gasteiger partial charge in [-0.15, -0.1) is 11.8 Å². The van der Waals surface area contributed by atoms with E-state index in [1.54, 1.807) is 24.0 Å². The second-order valence-electron chi connectivity index (χ2n) is 3.64. The maximum Gasteiger partial charge on any atom is 0.350 e. The van der Waals surface area contributed by atoms with Gasteiger partial charge < -0.3 is 10.8 Å². The van der Waals surface area contributed by atoms with E-state index in [2.05, 4.69) is 11.6 Å². The minimum absolute atomic E-state index is 0.00875. The first kappa shape index (κ1) is 11.2. The van der Waals surface area contributed by atoms with Gasteiger partial charge in [0.1, 0.15) is 5.82 Å². The number of nitrogen functional groups attached to an aromatic ring is 1. The molecule has 1 aromatic rings. The molecule has 86 valence electrons. The van der Waals surface area contributed by atoms with E-state index in [1.807, 2.05) is 0 Å². The van der Waals surface area contributed by atoms with E-state index in [9.17, 15) is 4.79 Å². The van der Waals surface area contributed by atoms with Gasteiger partial charge >= 0.3 is 5.69 Å². The van der Waals surface area contributed by atoms with Crippen LogP contribution in [0.3, 0.4) is 0 Å². The number of nitrogens with zero attached hydrogens (tertiary/aromatic N) is 2. The van der Waals surface area contributed by atoms with Gasteiger partial charge in [0.2, 0.25) is 0 Å². The summed E-state index contributed by atoms with van der Waals surface area (Å²) in [6.07, 6.45) is 1.63. The summed E-state index contributed by atoms with van der Waals surface area (Å²) in [5.41, 5.74) is 5.91. The molecule has 5 nitrogen and oxygen atoms in total. The number of hydrogen-bond acceptors (Lipinski definition) is 5. The van der Waals surface area contributed by atoms with Crippen molar-refractivity contribution in [2.75, 3.05) is 18.1 Å². The van der Waals surface area contributed by atoms with Crippen molar-refractivity contribution in [1.82, 2.24) is 9.55 Å². The van der Waals surface area contributed by atoms with Crippen LogP contribution in [0.4, 0.5) is 5.82 Å². The molecule has 2 rings (SSSR count). The smallest absolute Gasteiger partial charge is 0.350 e. The minimum Gasteiger partial charge on any atom is -0.395 e. The zero-order valence-corrected chi connectivity index (χ0v) is 9.48. The topological polar surface area (TPSA) is 81.1 Å². The van der Waals surface area contributed by atoms with Crippen molar-refractivity contribution < 1.29 is 5.11 Å². The molecular weight excluding hydrogens is 226 g/mol. The van der Waals surface area contributed by atoms with Crippen LogP contribution in [0.1, 0.15) is 6.04 Å². The van der Waals surface area contributed by atoms with E-state index in [0.29, 0.717) is 0 Å². The van der Waals surface area contributed by atoms with Gasteiger partial charge in [-0.3, -0.25) is 4.57 Å². The van der Waals surface area contributed by atoms with Crippen LogP contribution in [0.2, 0.25) is 0 Å². The van der Waals surface area contributed by atoms with Crippen molar-refractivity contribution >= 4 is 17.6 Å². The summed E-state index contributed by atoms with van der Waals surface area (Å²) in [5, 5.41) is 9.12. The summed E-state index contributed by atoms with van der Waals surface area (Å²) in [6.45, 7) is 3.98. The summed E-state index contributed by atoms with van der Waals surface area (Å²) < 4.78 is 1.52. The number of anilines is 1. The number of hydrogen-bond donors (Lipinski definition) is 2. The lowest BCUT2D eigenvalue weighted by Crippen LogP contribution is -2.28. The molecule has 16 heavy (non-hydrogen) atoms. The zero-order chi connectivity index (χ0) is 11.7. The van der Waals surface area contributed by atoms with E-state index in [0.717, 1.165) is 11.3 Å². The SMILES string of the molecule is C=C1[C@H](CO)SC[C@@H]1n1ccc(N)nc1=O. The molecule has 1 fully saturated rings. The molecule has 3 N–H and O–H groups in total. The summed E-state index contributed by atoms with van der Waals surface area (Å²) in [7, 11) is 0. The monoisotopic (exact) mass is 239 g/mol. The Kier molecular flexibility index (Phi) is 3.02. The minimum atomic E-state index is -0.370. The normalized spacial score (nSPS) is 24.9. The Bertz CT molecular complexity index is 471. The summed E-state index contributed by atoms with van der Waals surface area (Å²) >= 11 is 1.60. The molecule has 6 heteroatoms. The number of rotatable bonds is 2. The molecule has 0 amide bonds. The number of aromatic nitrogens is 2. The molecule has 0 aromatic carbocycles. The maximum atomic E-state index is 11.6. The second-order valence-corrected chi connectivity index (χ2v) is 4.87. The van der Waals surface area contributed by atoms with Crippen molar-refractivity contribution in [3.8, 4) is 0 Å². The predicted octanol–water partition coefficient (Wildman–Crippen LogP) is 0.0305. The molecule has 0 unspecified atom stereocenters. The lowest BCUT2D eigenvalue weighted by atomic mass is 10.1. The van der Waals surface area contributed by atoms with Gasteiger partial charge in [0.15, 0.2) is 0 Å². The Labute approximate surface area is 97.0 Å². The van der Waals surface area contributed by atoms with Crippen LogP contribution in [0.25, 0.3) is 0 Å². The highest BCUT2D eigenvalue weighted by molar-refractivity contribution is 8.00. The van der Waals surface area contributed by atoms with Crippen molar-refractivity contribution in [3.63, 3.8) is 0 Å². The third kappa shape index (κ3) is 1.85. The van der Waals surface area contributed by atoms with Crippen LogP contribution in [-0.4, -0.2) is 32.3 Å². The Morgan fingerprint density at radius 1 is 1.75 bits per heavy atom. The predicted molar refractivity (Wildman–Crippen MR) is 64.4 cm³/mol. The second kappa shape index (κ2) is 4.31. The van der Waals surface area contributed by atoms with Crippen LogP contribution < -0.4 is 11.4 Å². The van der Waals surface area contributed by atoms with Gasteiger partial charge in [-0.2, -0.15) is 4.98 Å². The molecule has 1 saturated heterocycles. The van der Waals surface area contributed by atoms with E-state index in [1.165, 1.54) is 4.57 Å². The Balaban J connectivity index is 2.32. The highest BCUT2D eigenvalue weighted by Gasteiger charge is 2.30. The van der Waals surface area contributed by atoms with Crippen molar-refractivity contribution in [3.05, 3.63) is 34.9 Å². The summed E-state index contributed by atoms with van der Waals surface area (Å²) in [4.78, 5) is 15.3. The lowest BCUT2D eigenvalue weighted by Gasteiger charge is -2.15. The van der Waals surface area contributed by atoms with E-state index >= 15 is 0 Å².